The van der Waals surface area contributed by atoms with E-state index in [0.29, 0.717) is 6.54 Å². The molecule has 3 N–H and O–H groups in total. The predicted octanol–water partition coefficient (Wildman–Crippen LogP) is 15.7. The summed E-state index contributed by atoms with van der Waals surface area (Å²) in [7, 11) is 0. The Morgan fingerprint density at radius 3 is 1.97 bits per heavy atom. The lowest BCUT2D eigenvalue weighted by molar-refractivity contribution is 0.668. The van der Waals surface area contributed by atoms with Crippen molar-refractivity contribution in [2.45, 2.75) is 6.54 Å². The standard InChI is InChI=1S/C50H29NO3S.C7H8N2/c1-4-12-41-35(9-1)36-19-16-29(24-45(36)53-41)27-51-28-32-8-7-14-44-48(32)40-25-30(18-23-43(40)52-44)33-21-22-34(50-49(33)39-11-2-5-13-42(39)54-50)31-17-20-38-37-10-3-6-15-46(37)55-47(38)26-31;8-7(9)6-4-2-1-3-5-6/h1-26,28H,27H2;1-5H,(H3,8,9). The van der Waals surface area contributed by atoms with E-state index < -0.39 is 0 Å². The first-order valence-corrected chi connectivity index (χ1v) is 22.0. The minimum Gasteiger partial charge on any atom is -0.456 e. The molecule has 4 aromatic heterocycles. The molecule has 7 heteroatoms. The minimum absolute atomic E-state index is 0.121. The molecule has 13 rings (SSSR count). The van der Waals surface area contributed by atoms with Gasteiger partial charge in [0.05, 0.1) is 6.54 Å². The number of furan rings is 3. The topological polar surface area (TPSA) is 102 Å². The van der Waals surface area contributed by atoms with Crippen LogP contribution in [-0.2, 0) is 6.54 Å². The van der Waals surface area contributed by atoms with E-state index in [2.05, 4.69) is 121 Å². The van der Waals surface area contributed by atoms with Gasteiger partial charge >= 0.3 is 0 Å². The Morgan fingerprint density at radius 1 is 0.484 bits per heavy atom. The van der Waals surface area contributed by atoms with E-state index in [9.17, 15) is 0 Å². The number of nitrogens with two attached hydrogens (primary N) is 1. The molecule has 0 bridgehead atoms. The van der Waals surface area contributed by atoms with Crippen LogP contribution in [0, 0.1) is 5.41 Å². The Hall–Kier alpha value is -8.26. The van der Waals surface area contributed by atoms with Gasteiger partial charge in [0.25, 0.3) is 0 Å². The lowest BCUT2D eigenvalue weighted by Gasteiger charge is -2.09. The van der Waals surface area contributed by atoms with Gasteiger partial charge in [-0.15, -0.1) is 11.3 Å². The number of aliphatic imine (C=N–C) groups is 1. The Labute approximate surface area is 370 Å². The summed E-state index contributed by atoms with van der Waals surface area (Å²) >= 11 is 1.84. The van der Waals surface area contributed by atoms with Gasteiger partial charge in [0.2, 0.25) is 0 Å². The molecule has 0 aliphatic heterocycles. The summed E-state index contributed by atoms with van der Waals surface area (Å²) in [4.78, 5) is 4.91. The second-order valence-corrected chi connectivity index (χ2v) is 17.1. The Balaban J connectivity index is 0.000000433. The van der Waals surface area contributed by atoms with Crippen molar-refractivity contribution in [3.05, 3.63) is 205 Å². The van der Waals surface area contributed by atoms with Gasteiger partial charge in [-0.25, -0.2) is 0 Å². The smallest absolute Gasteiger partial charge is 0.143 e. The van der Waals surface area contributed by atoms with Crippen LogP contribution in [0.15, 0.2) is 206 Å². The van der Waals surface area contributed by atoms with Crippen molar-refractivity contribution in [3.8, 4) is 22.3 Å². The Bertz CT molecular complexity index is 3980. The van der Waals surface area contributed by atoms with E-state index in [1.807, 2.05) is 84.3 Å². The van der Waals surface area contributed by atoms with Crippen LogP contribution in [0.3, 0.4) is 0 Å². The summed E-state index contributed by atoms with van der Waals surface area (Å²) < 4.78 is 21.8. The van der Waals surface area contributed by atoms with Crippen LogP contribution in [0.25, 0.3) is 108 Å². The number of rotatable bonds is 6. The molecule has 0 radical (unpaired) electrons. The van der Waals surface area contributed by atoms with Gasteiger partial charge in [-0.3, -0.25) is 10.4 Å². The average Bonchev–Trinajstić information content (AvgIpc) is 4.11. The number of fused-ring (bicyclic) bond motifs is 12. The van der Waals surface area contributed by atoms with Gasteiger partial charge in [-0.1, -0.05) is 133 Å². The maximum absolute atomic E-state index is 7.01. The van der Waals surface area contributed by atoms with Gasteiger partial charge < -0.3 is 19.0 Å². The molecule has 64 heavy (non-hydrogen) atoms. The van der Waals surface area contributed by atoms with Crippen LogP contribution in [0.1, 0.15) is 16.7 Å². The summed E-state index contributed by atoms with van der Waals surface area (Å²) in [6.07, 6.45) is 1.97. The van der Waals surface area contributed by atoms with Gasteiger partial charge in [0, 0.05) is 75.4 Å². The first-order chi connectivity index (χ1) is 31.5. The van der Waals surface area contributed by atoms with E-state index in [1.54, 1.807) is 0 Å². The van der Waals surface area contributed by atoms with Crippen molar-refractivity contribution in [2.24, 2.45) is 10.7 Å². The highest BCUT2D eigenvalue weighted by atomic mass is 32.1. The molecular formula is C57H37N3O3S. The number of nitrogens with one attached hydrogen (secondary N) is 1. The van der Waals surface area contributed by atoms with Crippen LogP contribution in [0.2, 0.25) is 0 Å². The quantitative estimate of drug-likeness (QED) is 0.129. The molecule has 0 spiro atoms. The highest BCUT2D eigenvalue weighted by Crippen LogP contribution is 2.45. The summed E-state index contributed by atoms with van der Waals surface area (Å²) in [5.41, 5.74) is 17.8. The fraction of sp³-hybridized carbons (Fsp3) is 0.0175. The van der Waals surface area contributed by atoms with Gasteiger partial charge in [-0.2, -0.15) is 0 Å². The SMILES string of the molecule is C(=NCc1ccc2c(c1)oc1ccccc12)c1cccc2oc3ccc(-c4ccc(-c5ccc6c(c5)sc5ccccc56)c5oc6ccccc6c45)cc3c12.N=C(N)c1ccccc1. The van der Waals surface area contributed by atoms with Crippen molar-refractivity contribution in [2.75, 3.05) is 0 Å². The molecule has 0 fully saturated rings. The van der Waals surface area contributed by atoms with E-state index in [-0.39, 0.29) is 5.84 Å². The minimum atomic E-state index is 0.121. The largest absolute Gasteiger partial charge is 0.456 e. The Kier molecular flexibility index (Phi) is 8.95. The second-order valence-electron chi connectivity index (χ2n) is 16.0. The summed E-state index contributed by atoms with van der Waals surface area (Å²) in [6, 6.07) is 64.7. The van der Waals surface area contributed by atoms with E-state index >= 15 is 0 Å². The number of thiophene rings is 1. The van der Waals surface area contributed by atoms with E-state index in [1.165, 1.54) is 20.2 Å². The molecular weight excluding hydrogens is 807 g/mol. The second kappa shape index (κ2) is 15.3. The van der Waals surface area contributed by atoms with Crippen molar-refractivity contribution < 1.29 is 13.3 Å². The fourth-order valence-electron chi connectivity index (χ4n) is 9.05. The highest BCUT2D eigenvalue weighted by Gasteiger charge is 2.20. The summed E-state index contributed by atoms with van der Waals surface area (Å²) in [5, 5.41) is 16.2. The van der Waals surface area contributed by atoms with Gasteiger partial charge in [0.1, 0.15) is 39.3 Å². The monoisotopic (exact) mass is 843 g/mol. The highest BCUT2D eigenvalue weighted by molar-refractivity contribution is 7.25. The molecule has 4 heterocycles. The number of nitrogen functional groups attached to an aromatic ring is 1. The third-order valence-electron chi connectivity index (χ3n) is 12.1. The Morgan fingerprint density at radius 2 is 1.12 bits per heavy atom. The predicted molar refractivity (Wildman–Crippen MR) is 267 cm³/mol. The molecule has 0 aliphatic rings. The summed E-state index contributed by atoms with van der Waals surface area (Å²) in [5.74, 6) is 0.121. The normalized spacial score (nSPS) is 11.9. The summed E-state index contributed by atoms with van der Waals surface area (Å²) in [6.45, 7) is 0.540. The number of hydrogen-bond donors (Lipinski definition) is 2. The third-order valence-corrected chi connectivity index (χ3v) is 13.2. The molecule has 6 nitrogen and oxygen atoms in total. The van der Waals surface area contributed by atoms with E-state index in [4.69, 9.17) is 29.4 Å². The first-order valence-electron chi connectivity index (χ1n) is 21.1. The number of amidine groups is 1. The van der Waals surface area contributed by atoms with Gasteiger partial charge in [0.15, 0.2) is 0 Å². The number of nitrogens with zero attached hydrogens (tertiary/aromatic N) is 1. The molecule has 304 valence electrons. The van der Waals surface area contributed by atoms with Crippen LogP contribution in [0.5, 0.6) is 0 Å². The fourth-order valence-corrected chi connectivity index (χ4v) is 10.2. The van der Waals surface area contributed by atoms with Crippen LogP contribution in [0.4, 0.5) is 0 Å². The zero-order valence-electron chi connectivity index (χ0n) is 34.3. The van der Waals surface area contributed by atoms with Crippen molar-refractivity contribution in [1.29, 1.82) is 5.41 Å². The maximum Gasteiger partial charge on any atom is 0.143 e. The zero-order valence-corrected chi connectivity index (χ0v) is 35.2. The molecule has 0 unspecified atom stereocenters. The van der Waals surface area contributed by atoms with Gasteiger partial charge in [-0.05, 0) is 76.9 Å². The number of para-hydroxylation sites is 2. The molecule has 0 aliphatic carbocycles. The molecule has 0 atom stereocenters. The first kappa shape index (κ1) is 37.5. The van der Waals surface area contributed by atoms with Crippen LogP contribution >= 0.6 is 11.3 Å². The molecule has 0 amide bonds. The van der Waals surface area contributed by atoms with Crippen LogP contribution in [-0.4, -0.2) is 12.1 Å². The maximum atomic E-state index is 7.01. The van der Waals surface area contributed by atoms with E-state index in [0.717, 1.165) is 105 Å². The number of benzene rings is 9. The molecule has 0 saturated carbocycles. The van der Waals surface area contributed by atoms with Crippen LogP contribution < -0.4 is 5.73 Å². The molecule has 9 aromatic carbocycles. The van der Waals surface area contributed by atoms with Crippen molar-refractivity contribution in [1.82, 2.24) is 0 Å². The number of hydrogen-bond acceptors (Lipinski definition) is 6. The third kappa shape index (κ3) is 6.41. The lowest BCUT2D eigenvalue weighted by atomic mass is 9.93. The molecule has 0 saturated heterocycles. The zero-order chi connectivity index (χ0) is 42.7. The molecule has 13 aromatic rings. The lowest BCUT2D eigenvalue weighted by Crippen LogP contribution is -2.10. The average molecular weight is 844 g/mol. The van der Waals surface area contributed by atoms with Crippen molar-refractivity contribution in [3.63, 3.8) is 0 Å². The van der Waals surface area contributed by atoms with Crippen molar-refractivity contribution >= 4 is 109 Å².